The topological polar surface area (TPSA) is 49.5 Å². The number of hydrogen-bond acceptors (Lipinski definition) is 3. The Morgan fingerprint density at radius 1 is 1.39 bits per heavy atom. The maximum absolute atomic E-state index is 9.27. The average Bonchev–Trinajstić information content (AvgIpc) is 2.29. The molecule has 0 fully saturated rings. The highest BCUT2D eigenvalue weighted by Gasteiger charge is 2.13. The zero-order valence-corrected chi connectivity index (χ0v) is 12.2. The van der Waals surface area contributed by atoms with Gasteiger partial charge in [0.15, 0.2) is 0 Å². The molecule has 1 rings (SSSR count). The third-order valence-corrected chi connectivity index (χ3v) is 3.61. The summed E-state index contributed by atoms with van der Waals surface area (Å²) in [6, 6.07) is 5.35. The first-order valence-corrected chi connectivity index (χ1v) is 6.73. The van der Waals surface area contributed by atoms with E-state index in [1.54, 1.807) is 13.0 Å². The van der Waals surface area contributed by atoms with Gasteiger partial charge in [-0.05, 0) is 38.6 Å². The summed E-state index contributed by atoms with van der Waals surface area (Å²) < 4.78 is 0. The second-order valence-corrected chi connectivity index (χ2v) is 5.43. The normalized spacial score (nSPS) is 14.8. The van der Waals surface area contributed by atoms with Gasteiger partial charge in [0.1, 0.15) is 0 Å². The number of halogens is 2. The van der Waals surface area contributed by atoms with Crippen molar-refractivity contribution < 1.29 is 5.11 Å². The van der Waals surface area contributed by atoms with Crippen molar-refractivity contribution in [3.8, 4) is 0 Å². The SMILES string of the molecule is CC(O)CN(C)CCC(N)c1cccc(Cl)c1Cl. The smallest absolute Gasteiger partial charge is 0.0640 e. The lowest BCUT2D eigenvalue weighted by molar-refractivity contribution is 0.139. The molecular formula is C13H20Cl2N2O. The number of nitrogens with two attached hydrogens (primary N) is 1. The molecule has 2 unspecified atom stereocenters. The molecular weight excluding hydrogens is 271 g/mol. The van der Waals surface area contributed by atoms with E-state index in [4.69, 9.17) is 28.9 Å². The number of nitrogens with zero attached hydrogens (tertiary/aromatic N) is 1. The van der Waals surface area contributed by atoms with Crippen molar-refractivity contribution in [3.63, 3.8) is 0 Å². The van der Waals surface area contributed by atoms with Crippen molar-refractivity contribution in [2.75, 3.05) is 20.1 Å². The Morgan fingerprint density at radius 3 is 2.67 bits per heavy atom. The minimum Gasteiger partial charge on any atom is -0.392 e. The van der Waals surface area contributed by atoms with Crippen LogP contribution in [0.25, 0.3) is 0 Å². The van der Waals surface area contributed by atoms with Crippen molar-refractivity contribution >= 4 is 23.2 Å². The van der Waals surface area contributed by atoms with Gasteiger partial charge in [-0.1, -0.05) is 35.3 Å². The quantitative estimate of drug-likeness (QED) is 0.847. The molecule has 1 aromatic carbocycles. The molecule has 0 aromatic heterocycles. The van der Waals surface area contributed by atoms with Crippen LogP contribution in [0.5, 0.6) is 0 Å². The third kappa shape index (κ3) is 4.75. The zero-order valence-electron chi connectivity index (χ0n) is 10.7. The number of likely N-dealkylation sites (N-methyl/N-ethyl adjacent to an activating group) is 1. The van der Waals surface area contributed by atoms with Crippen LogP contribution in [-0.2, 0) is 0 Å². The molecule has 5 heteroatoms. The van der Waals surface area contributed by atoms with E-state index in [1.807, 2.05) is 24.1 Å². The largest absolute Gasteiger partial charge is 0.392 e. The Labute approximate surface area is 118 Å². The molecule has 0 bridgehead atoms. The van der Waals surface area contributed by atoms with Crippen molar-refractivity contribution in [1.82, 2.24) is 4.90 Å². The zero-order chi connectivity index (χ0) is 13.7. The minimum atomic E-state index is -0.332. The van der Waals surface area contributed by atoms with Gasteiger partial charge in [0.2, 0.25) is 0 Å². The molecule has 1 aromatic rings. The van der Waals surface area contributed by atoms with Crippen LogP contribution in [0, 0.1) is 0 Å². The maximum Gasteiger partial charge on any atom is 0.0640 e. The molecule has 3 nitrogen and oxygen atoms in total. The molecule has 2 atom stereocenters. The van der Waals surface area contributed by atoms with Gasteiger partial charge in [0, 0.05) is 12.6 Å². The first-order chi connectivity index (χ1) is 8.41. The highest BCUT2D eigenvalue weighted by molar-refractivity contribution is 6.42. The van der Waals surface area contributed by atoms with E-state index in [0.29, 0.717) is 16.6 Å². The van der Waals surface area contributed by atoms with Gasteiger partial charge in [-0.25, -0.2) is 0 Å². The van der Waals surface area contributed by atoms with E-state index in [2.05, 4.69) is 0 Å². The summed E-state index contributed by atoms with van der Waals surface area (Å²) in [5.41, 5.74) is 6.98. The molecule has 0 aliphatic heterocycles. The van der Waals surface area contributed by atoms with Crippen molar-refractivity contribution in [2.45, 2.75) is 25.5 Å². The van der Waals surface area contributed by atoms with E-state index in [1.165, 1.54) is 0 Å². The van der Waals surface area contributed by atoms with Gasteiger partial charge in [-0.15, -0.1) is 0 Å². The predicted molar refractivity (Wildman–Crippen MR) is 77.2 cm³/mol. The van der Waals surface area contributed by atoms with Gasteiger partial charge in [0.25, 0.3) is 0 Å². The minimum absolute atomic E-state index is 0.146. The molecule has 0 saturated heterocycles. The molecule has 3 N–H and O–H groups in total. The fraction of sp³-hybridized carbons (Fsp3) is 0.538. The van der Waals surface area contributed by atoms with Gasteiger partial charge < -0.3 is 15.7 Å². The van der Waals surface area contributed by atoms with Crippen LogP contribution in [0.2, 0.25) is 10.0 Å². The standard InChI is InChI=1S/C13H20Cl2N2O/c1-9(18)8-17(2)7-6-12(16)10-4-3-5-11(14)13(10)15/h3-5,9,12,18H,6-8,16H2,1-2H3. The molecule has 0 saturated carbocycles. The van der Waals surface area contributed by atoms with E-state index >= 15 is 0 Å². The first kappa shape index (κ1) is 15.7. The highest BCUT2D eigenvalue weighted by atomic mass is 35.5. The second kappa shape index (κ2) is 7.31. The number of rotatable bonds is 6. The third-order valence-electron chi connectivity index (χ3n) is 2.78. The van der Waals surface area contributed by atoms with Gasteiger partial charge in [-0.3, -0.25) is 0 Å². The number of aliphatic hydroxyl groups excluding tert-OH is 1. The summed E-state index contributed by atoms with van der Waals surface area (Å²) >= 11 is 12.1. The molecule has 0 spiro atoms. The molecule has 18 heavy (non-hydrogen) atoms. The van der Waals surface area contributed by atoms with Crippen LogP contribution in [0.1, 0.15) is 24.9 Å². The predicted octanol–water partition coefficient (Wildman–Crippen LogP) is 2.70. The molecule has 0 radical (unpaired) electrons. The molecule has 0 aliphatic carbocycles. The Morgan fingerprint density at radius 2 is 2.06 bits per heavy atom. The Hall–Kier alpha value is -0.320. The lowest BCUT2D eigenvalue weighted by Crippen LogP contribution is -2.30. The second-order valence-electron chi connectivity index (χ2n) is 4.65. The Bertz CT molecular complexity index is 385. The maximum atomic E-state index is 9.27. The summed E-state index contributed by atoms with van der Waals surface area (Å²) in [5, 5.41) is 10.3. The lowest BCUT2D eigenvalue weighted by atomic mass is 10.0. The van der Waals surface area contributed by atoms with E-state index in [9.17, 15) is 5.11 Å². The fourth-order valence-corrected chi connectivity index (χ4v) is 2.31. The molecule has 0 heterocycles. The monoisotopic (exact) mass is 290 g/mol. The van der Waals surface area contributed by atoms with Crippen molar-refractivity contribution in [2.24, 2.45) is 5.73 Å². The summed E-state index contributed by atoms with van der Waals surface area (Å²) in [4.78, 5) is 2.04. The van der Waals surface area contributed by atoms with Crippen LogP contribution >= 0.6 is 23.2 Å². The number of benzene rings is 1. The van der Waals surface area contributed by atoms with E-state index in [0.717, 1.165) is 18.5 Å². The number of aliphatic hydroxyl groups is 1. The van der Waals surface area contributed by atoms with Crippen LogP contribution in [0.4, 0.5) is 0 Å². The van der Waals surface area contributed by atoms with Gasteiger partial charge >= 0.3 is 0 Å². The van der Waals surface area contributed by atoms with Gasteiger partial charge in [-0.2, -0.15) is 0 Å². The lowest BCUT2D eigenvalue weighted by Gasteiger charge is -2.21. The Kier molecular flexibility index (Phi) is 6.39. The number of hydrogen-bond donors (Lipinski definition) is 2. The highest BCUT2D eigenvalue weighted by Crippen LogP contribution is 2.30. The summed E-state index contributed by atoms with van der Waals surface area (Å²) in [6.07, 6.45) is 0.435. The molecule has 0 amide bonds. The molecule has 102 valence electrons. The van der Waals surface area contributed by atoms with Gasteiger partial charge in [0.05, 0.1) is 16.1 Å². The molecule has 0 aliphatic rings. The summed E-state index contributed by atoms with van der Waals surface area (Å²) in [5.74, 6) is 0. The van der Waals surface area contributed by atoms with Crippen molar-refractivity contribution in [1.29, 1.82) is 0 Å². The Balaban J connectivity index is 2.55. The van der Waals surface area contributed by atoms with Crippen LogP contribution in [0.15, 0.2) is 18.2 Å². The fourth-order valence-electron chi connectivity index (χ4n) is 1.86. The van der Waals surface area contributed by atoms with E-state index < -0.39 is 0 Å². The average molecular weight is 291 g/mol. The van der Waals surface area contributed by atoms with Crippen LogP contribution < -0.4 is 5.73 Å². The first-order valence-electron chi connectivity index (χ1n) is 5.98. The van der Waals surface area contributed by atoms with Crippen LogP contribution in [-0.4, -0.2) is 36.2 Å². The van der Waals surface area contributed by atoms with Crippen molar-refractivity contribution in [3.05, 3.63) is 33.8 Å². The summed E-state index contributed by atoms with van der Waals surface area (Å²) in [7, 11) is 1.96. The summed E-state index contributed by atoms with van der Waals surface area (Å²) in [6.45, 7) is 3.20. The van der Waals surface area contributed by atoms with E-state index in [-0.39, 0.29) is 12.1 Å². The van der Waals surface area contributed by atoms with Crippen LogP contribution in [0.3, 0.4) is 0 Å².